The summed E-state index contributed by atoms with van der Waals surface area (Å²) in [6.45, 7) is 7.25. The third kappa shape index (κ3) is 4.33. The molecule has 3 aromatic rings. The number of rotatable bonds is 5. The van der Waals surface area contributed by atoms with Crippen LogP contribution in [-0.4, -0.2) is 58.1 Å². The monoisotopic (exact) mass is 428 g/mol. The van der Waals surface area contributed by atoms with Gasteiger partial charge in [-0.3, -0.25) is 0 Å². The molecule has 3 aromatic heterocycles. The zero-order valence-electron chi connectivity index (χ0n) is 16.9. The van der Waals surface area contributed by atoms with E-state index in [1.165, 1.54) is 0 Å². The summed E-state index contributed by atoms with van der Waals surface area (Å²) in [6.07, 6.45) is 4.11. The average Bonchev–Trinajstić information content (AvgIpc) is 3.17. The van der Waals surface area contributed by atoms with Gasteiger partial charge in [0.15, 0.2) is 0 Å². The Morgan fingerprint density at radius 2 is 2.00 bits per heavy atom. The predicted molar refractivity (Wildman–Crippen MR) is 117 cm³/mol. The Bertz CT molecular complexity index is 1040. The minimum atomic E-state index is -0.610. The maximum absolute atomic E-state index is 9.77. The zero-order valence-corrected chi connectivity index (χ0v) is 17.8. The minimum absolute atomic E-state index is 0. The van der Waals surface area contributed by atoms with Gasteiger partial charge in [-0.1, -0.05) is 0 Å². The summed E-state index contributed by atoms with van der Waals surface area (Å²) >= 11 is 0. The highest BCUT2D eigenvalue weighted by atomic mass is 35.5. The largest absolute Gasteiger partial charge is 0.486 e. The second-order valence-corrected chi connectivity index (χ2v) is 7.26. The summed E-state index contributed by atoms with van der Waals surface area (Å²) in [7, 11) is 0. The van der Waals surface area contributed by atoms with Crippen LogP contribution in [0.4, 0.5) is 5.82 Å². The van der Waals surface area contributed by atoms with Crippen molar-refractivity contribution in [2.24, 2.45) is 0 Å². The molecular weight excluding hydrogens is 404 g/mol. The van der Waals surface area contributed by atoms with Crippen LogP contribution in [0, 0.1) is 11.3 Å². The van der Waals surface area contributed by atoms with Gasteiger partial charge in [0.1, 0.15) is 23.7 Å². The van der Waals surface area contributed by atoms with Gasteiger partial charge in [-0.2, -0.15) is 10.4 Å². The molecule has 1 fully saturated rings. The first-order valence-electron chi connectivity index (χ1n) is 9.75. The Hall–Kier alpha value is -2.86. The van der Waals surface area contributed by atoms with Crippen molar-refractivity contribution in [3.05, 3.63) is 42.4 Å². The molecule has 30 heavy (non-hydrogen) atoms. The number of aromatic nitrogens is 3. The summed E-state index contributed by atoms with van der Waals surface area (Å²) in [4.78, 5) is 6.90. The molecule has 4 rings (SSSR count). The zero-order chi connectivity index (χ0) is 20.4. The van der Waals surface area contributed by atoms with Gasteiger partial charge in [0.05, 0.1) is 29.6 Å². The van der Waals surface area contributed by atoms with Crippen molar-refractivity contribution in [1.29, 1.82) is 5.26 Å². The molecule has 0 bridgehead atoms. The average molecular weight is 429 g/mol. The normalized spacial score (nSPS) is 15.9. The number of ether oxygens (including phenoxy) is 1. The predicted octanol–water partition coefficient (Wildman–Crippen LogP) is 2.25. The Balaban J connectivity index is 0.00000256. The minimum Gasteiger partial charge on any atom is -0.486 e. The molecule has 0 spiro atoms. The number of nitriles is 1. The first-order chi connectivity index (χ1) is 14.1. The smallest absolute Gasteiger partial charge is 0.138 e. The number of hydrogen-bond acceptors (Lipinski definition) is 7. The number of pyridine rings is 2. The van der Waals surface area contributed by atoms with Crippen LogP contribution in [0.2, 0.25) is 0 Å². The highest BCUT2D eigenvalue weighted by molar-refractivity contribution is 5.85. The number of halogens is 1. The van der Waals surface area contributed by atoms with E-state index < -0.39 is 6.10 Å². The second kappa shape index (κ2) is 9.30. The molecule has 0 saturated carbocycles. The van der Waals surface area contributed by atoms with Crippen molar-refractivity contribution < 1.29 is 9.84 Å². The maximum atomic E-state index is 9.77. The van der Waals surface area contributed by atoms with Crippen LogP contribution in [0.1, 0.15) is 19.4 Å². The number of nitrogens with one attached hydrogen (secondary N) is 1. The number of fused-ring (bicyclic) bond motifs is 1. The number of anilines is 1. The van der Waals surface area contributed by atoms with Crippen molar-refractivity contribution in [3.63, 3.8) is 0 Å². The summed E-state index contributed by atoms with van der Waals surface area (Å²) in [5, 5.41) is 26.9. The van der Waals surface area contributed by atoms with Gasteiger partial charge >= 0.3 is 0 Å². The summed E-state index contributed by atoms with van der Waals surface area (Å²) in [5.41, 5.74) is 2.89. The summed E-state index contributed by atoms with van der Waals surface area (Å²) < 4.78 is 7.52. The quantitative estimate of drug-likeness (QED) is 0.643. The fourth-order valence-electron chi connectivity index (χ4n) is 3.40. The van der Waals surface area contributed by atoms with Crippen LogP contribution >= 0.6 is 12.4 Å². The molecule has 4 heterocycles. The van der Waals surface area contributed by atoms with Gasteiger partial charge in [0.2, 0.25) is 0 Å². The van der Waals surface area contributed by atoms with Gasteiger partial charge in [0, 0.05) is 43.5 Å². The van der Waals surface area contributed by atoms with Crippen LogP contribution in [-0.2, 0) is 0 Å². The third-order valence-electron chi connectivity index (χ3n) is 5.21. The van der Waals surface area contributed by atoms with Crippen LogP contribution in [0.5, 0.6) is 5.75 Å². The molecule has 0 aliphatic carbocycles. The Morgan fingerprint density at radius 3 is 2.63 bits per heavy atom. The SMILES string of the molecule is C[C@H](Oc1cc(-c2ccc(N3CCNCC3)nc2)c2c(C#N)cnn2c1)[C@@H](C)O.Cl. The van der Waals surface area contributed by atoms with E-state index in [2.05, 4.69) is 26.4 Å². The van der Waals surface area contributed by atoms with Gasteiger partial charge in [-0.25, -0.2) is 9.50 Å². The van der Waals surface area contributed by atoms with Crippen LogP contribution in [0.25, 0.3) is 16.6 Å². The van der Waals surface area contributed by atoms with E-state index in [9.17, 15) is 10.4 Å². The first-order valence-corrected chi connectivity index (χ1v) is 9.75. The molecule has 0 amide bonds. The molecule has 158 valence electrons. The molecule has 2 atom stereocenters. The van der Waals surface area contributed by atoms with Crippen molar-refractivity contribution in [2.45, 2.75) is 26.1 Å². The van der Waals surface area contributed by atoms with Crippen LogP contribution in [0.3, 0.4) is 0 Å². The third-order valence-corrected chi connectivity index (χ3v) is 5.21. The molecule has 9 heteroatoms. The fourth-order valence-corrected chi connectivity index (χ4v) is 3.40. The molecule has 8 nitrogen and oxygen atoms in total. The molecule has 2 N–H and O–H groups in total. The lowest BCUT2D eigenvalue weighted by Crippen LogP contribution is -2.43. The van der Waals surface area contributed by atoms with E-state index in [-0.39, 0.29) is 18.5 Å². The summed E-state index contributed by atoms with van der Waals surface area (Å²) in [6, 6.07) is 8.09. The Kier molecular flexibility index (Phi) is 6.77. The number of piperazine rings is 1. The molecule has 1 aliphatic heterocycles. The standard InChI is InChI=1S/C21H24N6O2.ClH/c1-14(28)15(2)29-18-9-19(21-17(10-22)12-25-27(21)13-18)16-3-4-20(24-11-16)26-7-5-23-6-8-26;/h3-4,9,11-15,23,28H,5-8H2,1-2H3;1H/t14-,15+;/m1./s1. The number of aliphatic hydroxyl groups excluding tert-OH is 1. The summed E-state index contributed by atoms with van der Waals surface area (Å²) in [5.74, 6) is 1.51. The first kappa shape index (κ1) is 21.8. The second-order valence-electron chi connectivity index (χ2n) is 7.26. The number of aliphatic hydroxyl groups is 1. The van der Waals surface area contributed by atoms with E-state index in [0.29, 0.717) is 16.8 Å². The van der Waals surface area contributed by atoms with Crippen molar-refractivity contribution in [2.75, 3.05) is 31.1 Å². The lowest BCUT2D eigenvalue weighted by Gasteiger charge is -2.28. The molecule has 1 saturated heterocycles. The topological polar surface area (TPSA) is 98.7 Å². The van der Waals surface area contributed by atoms with Crippen LogP contribution < -0.4 is 15.0 Å². The Labute approximate surface area is 181 Å². The molecule has 0 unspecified atom stereocenters. The number of hydrogen-bond donors (Lipinski definition) is 2. The van der Waals surface area contributed by atoms with Crippen molar-refractivity contribution in [1.82, 2.24) is 19.9 Å². The number of nitrogens with zero attached hydrogens (tertiary/aromatic N) is 5. The van der Waals surface area contributed by atoms with Crippen molar-refractivity contribution >= 4 is 23.7 Å². The van der Waals surface area contributed by atoms with Gasteiger partial charge < -0.3 is 20.1 Å². The van der Waals surface area contributed by atoms with Gasteiger partial charge in [0.25, 0.3) is 0 Å². The lowest BCUT2D eigenvalue weighted by atomic mass is 10.1. The van der Waals surface area contributed by atoms with Crippen molar-refractivity contribution in [3.8, 4) is 22.9 Å². The maximum Gasteiger partial charge on any atom is 0.138 e. The molecular formula is C21H25ClN6O2. The van der Waals surface area contributed by atoms with E-state index in [1.54, 1.807) is 23.8 Å². The highest BCUT2D eigenvalue weighted by Gasteiger charge is 2.17. The molecule has 0 aromatic carbocycles. The Morgan fingerprint density at radius 1 is 1.23 bits per heavy atom. The van der Waals surface area contributed by atoms with E-state index >= 15 is 0 Å². The van der Waals surface area contributed by atoms with Crippen LogP contribution in [0.15, 0.2) is 36.8 Å². The highest BCUT2D eigenvalue weighted by Crippen LogP contribution is 2.31. The molecule has 1 aliphatic rings. The van der Waals surface area contributed by atoms with E-state index in [0.717, 1.165) is 43.1 Å². The van der Waals surface area contributed by atoms with E-state index in [4.69, 9.17) is 4.74 Å². The van der Waals surface area contributed by atoms with Gasteiger partial charge in [-0.05, 0) is 32.0 Å². The molecule has 0 radical (unpaired) electrons. The lowest BCUT2D eigenvalue weighted by molar-refractivity contribution is 0.0601. The fraction of sp³-hybridized carbons (Fsp3) is 0.381. The van der Waals surface area contributed by atoms with E-state index in [1.807, 2.05) is 31.3 Å². The van der Waals surface area contributed by atoms with Gasteiger partial charge in [-0.15, -0.1) is 12.4 Å².